The van der Waals surface area contributed by atoms with E-state index in [0.717, 1.165) is 39.8 Å². The number of likely N-dealkylation sites (tertiary alicyclic amines) is 1. The molecule has 0 saturated carbocycles. The van der Waals surface area contributed by atoms with E-state index >= 15 is 0 Å². The molecule has 4 rings (SSSR count). The average molecular weight is 481 g/mol. The number of carboxylic acid groups (broad SMARTS) is 1. The zero-order chi connectivity index (χ0) is 24.1. The van der Waals surface area contributed by atoms with Gasteiger partial charge in [-0.25, -0.2) is 4.79 Å². The van der Waals surface area contributed by atoms with Crippen LogP contribution in [0.2, 0.25) is 5.02 Å². The van der Waals surface area contributed by atoms with Gasteiger partial charge in [-0.05, 0) is 53.6 Å². The molecule has 0 radical (unpaired) electrons. The molecule has 6 nitrogen and oxygen atoms in total. The van der Waals surface area contributed by atoms with Gasteiger partial charge in [-0.1, -0.05) is 48.0 Å². The first kappa shape index (κ1) is 24.0. The van der Waals surface area contributed by atoms with Crippen LogP contribution < -0.4 is 4.73 Å². The number of amides is 1. The molecule has 2 aromatic carbocycles. The fourth-order valence-electron chi connectivity index (χ4n) is 4.95. The van der Waals surface area contributed by atoms with Crippen molar-refractivity contribution in [1.82, 2.24) is 4.90 Å². The number of ether oxygens (including phenoxy) is 1. The quantitative estimate of drug-likeness (QED) is 0.276. The first-order chi connectivity index (χ1) is 16.5. The molecule has 178 valence electrons. The minimum Gasteiger partial charge on any atom is -0.619 e. The summed E-state index contributed by atoms with van der Waals surface area (Å²) in [4.78, 5) is 13.2. The lowest BCUT2D eigenvalue weighted by Gasteiger charge is -2.37. The van der Waals surface area contributed by atoms with Crippen molar-refractivity contribution in [2.24, 2.45) is 0 Å². The predicted octanol–water partition coefficient (Wildman–Crippen LogP) is 5.47. The Labute approximate surface area is 204 Å². The minimum atomic E-state index is -0.937. The largest absolute Gasteiger partial charge is 0.619 e. The van der Waals surface area contributed by atoms with Crippen LogP contribution in [0.1, 0.15) is 41.4 Å². The van der Waals surface area contributed by atoms with Crippen LogP contribution in [0.3, 0.4) is 0 Å². The van der Waals surface area contributed by atoms with Crippen LogP contribution in [-0.4, -0.2) is 42.9 Å². The molecule has 1 amide bonds. The van der Waals surface area contributed by atoms with Crippen LogP contribution in [-0.2, 0) is 11.2 Å². The maximum Gasteiger partial charge on any atom is 0.407 e. The van der Waals surface area contributed by atoms with Crippen molar-refractivity contribution in [1.29, 1.82) is 0 Å². The number of nitrogens with zero attached hydrogens (tertiary/aromatic N) is 2. The third-order valence-corrected chi connectivity index (χ3v) is 6.96. The number of rotatable bonds is 7. The van der Waals surface area contributed by atoms with E-state index in [0.29, 0.717) is 31.1 Å². The van der Waals surface area contributed by atoms with E-state index in [-0.39, 0.29) is 11.8 Å². The summed E-state index contributed by atoms with van der Waals surface area (Å²) in [5, 5.41) is 22.1. The fourth-order valence-corrected chi connectivity index (χ4v) is 5.27. The van der Waals surface area contributed by atoms with Gasteiger partial charge in [0, 0.05) is 55.3 Å². The first-order valence-corrected chi connectivity index (χ1v) is 11.9. The molecule has 2 unspecified atom stereocenters. The van der Waals surface area contributed by atoms with Gasteiger partial charge in [-0.15, -0.1) is 0 Å². The van der Waals surface area contributed by atoms with E-state index in [1.807, 2.05) is 30.3 Å². The van der Waals surface area contributed by atoms with Crippen LogP contribution >= 0.6 is 11.6 Å². The van der Waals surface area contributed by atoms with Crippen molar-refractivity contribution in [3.8, 4) is 11.1 Å². The lowest BCUT2D eigenvalue weighted by molar-refractivity contribution is -0.606. The summed E-state index contributed by atoms with van der Waals surface area (Å²) >= 11 is 6.85. The lowest BCUT2D eigenvalue weighted by Crippen LogP contribution is -2.42. The summed E-state index contributed by atoms with van der Waals surface area (Å²) in [7, 11) is 1.71. The molecule has 1 aliphatic rings. The number of pyridine rings is 1. The molecular formula is C27H29ClN2O4. The predicted molar refractivity (Wildman–Crippen MR) is 132 cm³/mol. The molecule has 0 bridgehead atoms. The van der Waals surface area contributed by atoms with E-state index in [4.69, 9.17) is 16.3 Å². The Morgan fingerprint density at radius 2 is 2.03 bits per heavy atom. The Balaban J connectivity index is 1.68. The van der Waals surface area contributed by atoms with Crippen molar-refractivity contribution in [3.05, 3.63) is 93.9 Å². The number of methoxy groups -OCH3 is 1. The average Bonchev–Trinajstić information content (AvgIpc) is 2.84. The van der Waals surface area contributed by atoms with E-state index in [1.54, 1.807) is 19.4 Å². The van der Waals surface area contributed by atoms with E-state index in [2.05, 4.69) is 18.2 Å². The maximum atomic E-state index is 11.9. The van der Waals surface area contributed by atoms with Crippen molar-refractivity contribution >= 4 is 17.7 Å². The molecule has 1 aliphatic heterocycles. The molecule has 7 heteroatoms. The summed E-state index contributed by atoms with van der Waals surface area (Å²) < 4.78 is 6.00. The molecule has 0 spiro atoms. The number of aromatic nitrogens is 1. The number of hydrogen-bond acceptors (Lipinski definition) is 3. The number of halogens is 1. The molecule has 1 aromatic heterocycles. The molecule has 3 aromatic rings. The minimum absolute atomic E-state index is 0.00156. The number of aryl methyl sites for hydroxylation is 1. The summed E-state index contributed by atoms with van der Waals surface area (Å²) in [5.74, 6) is -0.146. The Bertz CT molecular complexity index is 1150. The Morgan fingerprint density at radius 3 is 2.76 bits per heavy atom. The number of hydrogen-bond donors (Lipinski definition) is 1. The van der Waals surface area contributed by atoms with Gasteiger partial charge >= 0.3 is 6.09 Å². The Hall–Kier alpha value is -3.09. The summed E-state index contributed by atoms with van der Waals surface area (Å²) in [6.45, 7) is 1.47. The fraction of sp³-hybridized carbons (Fsp3) is 0.333. The van der Waals surface area contributed by atoms with Crippen molar-refractivity contribution in [2.45, 2.75) is 31.1 Å². The smallest absolute Gasteiger partial charge is 0.407 e. The summed E-state index contributed by atoms with van der Waals surface area (Å²) in [6, 6.07) is 18.0. The van der Waals surface area contributed by atoms with Crippen LogP contribution in [0.5, 0.6) is 0 Å². The number of carbonyl (C=O) groups is 1. The van der Waals surface area contributed by atoms with E-state index in [1.165, 1.54) is 16.7 Å². The van der Waals surface area contributed by atoms with Gasteiger partial charge in [0.05, 0.1) is 0 Å². The Kier molecular flexibility index (Phi) is 7.70. The highest BCUT2D eigenvalue weighted by molar-refractivity contribution is 6.31. The Morgan fingerprint density at radius 1 is 1.21 bits per heavy atom. The van der Waals surface area contributed by atoms with Crippen LogP contribution in [0.25, 0.3) is 11.1 Å². The number of benzene rings is 2. The van der Waals surface area contributed by atoms with E-state index in [9.17, 15) is 15.1 Å². The molecule has 0 aliphatic carbocycles. The maximum absolute atomic E-state index is 11.9. The van der Waals surface area contributed by atoms with Crippen molar-refractivity contribution in [2.75, 3.05) is 26.8 Å². The van der Waals surface area contributed by atoms with Crippen molar-refractivity contribution < 1.29 is 19.4 Å². The third-order valence-electron chi connectivity index (χ3n) is 6.63. The second-order valence-electron chi connectivity index (χ2n) is 8.72. The van der Waals surface area contributed by atoms with Gasteiger partial charge in [-0.3, -0.25) is 0 Å². The standard InChI is InChI=1S/C27H29ClN2O4/c1-34-15-5-8-19-6-2-3-9-22(19)20-10-11-24(26(28)16-20)25-18-29(27(31)32)14-12-23(25)21-7-4-13-30(33)17-21/h2-4,6-7,9-11,13,16-17,23,25H,5,8,12,14-15,18H2,1H3,(H,31,32). The third kappa shape index (κ3) is 5.34. The molecule has 1 fully saturated rings. The molecule has 1 N–H and O–H groups in total. The summed E-state index contributed by atoms with van der Waals surface area (Å²) in [5.41, 5.74) is 5.20. The van der Waals surface area contributed by atoms with Gasteiger partial charge in [0.25, 0.3) is 0 Å². The normalized spacial score (nSPS) is 18.1. The highest BCUT2D eigenvalue weighted by Gasteiger charge is 2.35. The molecule has 2 atom stereocenters. The zero-order valence-corrected chi connectivity index (χ0v) is 19.9. The molecule has 1 saturated heterocycles. The highest BCUT2D eigenvalue weighted by Crippen LogP contribution is 2.43. The highest BCUT2D eigenvalue weighted by atomic mass is 35.5. The van der Waals surface area contributed by atoms with Crippen LogP contribution in [0.15, 0.2) is 67.0 Å². The zero-order valence-electron chi connectivity index (χ0n) is 19.2. The molecule has 2 heterocycles. The molecular weight excluding hydrogens is 452 g/mol. The topological polar surface area (TPSA) is 76.7 Å². The van der Waals surface area contributed by atoms with Gasteiger partial charge < -0.3 is 20.0 Å². The van der Waals surface area contributed by atoms with Crippen LogP contribution in [0, 0.1) is 5.21 Å². The van der Waals surface area contributed by atoms with Gasteiger partial charge in [0.2, 0.25) is 0 Å². The first-order valence-electron chi connectivity index (χ1n) is 11.5. The monoisotopic (exact) mass is 480 g/mol. The lowest BCUT2D eigenvalue weighted by atomic mass is 9.77. The van der Waals surface area contributed by atoms with Gasteiger partial charge in [-0.2, -0.15) is 4.73 Å². The second kappa shape index (κ2) is 10.9. The van der Waals surface area contributed by atoms with Crippen molar-refractivity contribution in [3.63, 3.8) is 0 Å². The summed E-state index contributed by atoms with van der Waals surface area (Å²) in [6.07, 6.45) is 4.56. The van der Waals surface area contributed by atoms with Crippen LogP contribution in [0.4, 0.5) is 4.79 Å². The van der Waals surface area contributed by atoms with E-state index < -0.39 is 6.09 Å². The number of piperidine rings is 1. The SMILES string of the molecule is COCCCc1ccccc1-c1ccc(C2CN(C(=O)O)CCC2c2ccc[n+]([O-])c2)c(Cl)c1. The molecule has 34 heavy (non-hydrogen) atoms. The van der Waals surface area contributed by atoms with Gasteiger partial charge in [0.15, 0.2) is 12.4 Å². The van der Waals surface area contributed by atoms with Gasteiger partial charge in [0.1, 0.15) is 0 Å². The second-order valence-corrected chi connectivity index (χ2v) is 9.12.